The largest absolute Gasteiger partial charge is 0.344 e. The van der Waals surface area contributed by atoms with Gasteiger partial charge in [0, 0.05) is 31.6 Å². The van der Waals surface area contributed by atoms with Crippen molar-refractivity contribution in [2.24, 2.45) is 7.05 Å². The number of aromatic amines is 1. The third kappa shape index (κ3) is 7.99. The van der Waals surface area contributed by atoms with E-state index in [0.717, 1.165) is 95.2 Å². The number of hydrogen-bond donors (Lipinski definition) is 2. The Balaban J connectivity index is 1.15. The van der Waals surface area contributed by atoms with Gasteiger partial charge in [-0.3, -0.25) is 14.5 Å². The number of nitrogens with one attached hydrogen (secondary N) is 2. The van der Waals surface area contributed by atoms with Crippen molar-refractivity contribution >= 4 is 11.8 Å². The second kappa shape index (κ2) is 17.3. The summed E-state index contributed by atoms with van der Waals surface area (Å²) in [6.45, 7) is 4.13. The van der Waals surface area contributed by atoms with Crippen LogP contribution in [0.4, 0.5) is 0 Å². The summed E-state index contributed by atoms with van der Waals surface area (Å²) in [7, 11) is 6.07. The number of nitrogens with zero attached hydrogens (tertiary/aromatic N) is 6. The van der Waals surface area contributed by atoms with Gasteiger partial charge >= 0.3 is 0 Å². The van der Waals surface area contributed by atoms with E-state index in [1.54, 1.807) is 6.92 Å². The van der Waals surface area contributed by atoms with Crippen LogP contribution in [-0.2, 0) is 16.6 Å². The van der Waals surface area contributed by atoms with Gasteiger partial charge < -0.3 is 24.7 Å². The predicted molar refractivity (Wildman–Crippen MR) is 229 cm³/mol. The molecule has 298 valence electrons. The summed E-state index contributed by atoms with van der Waals surface area (Å²) in [6, 6.07) is 36.4. The van der Waals surface area contributed by atoms with Gasteiger partial charge in [-0.1, -0.05) is 110 Å². The highest BCUT2D eigenvalue weighted by molar-refractivity contribution is 5.86. The molecule has 0 saturated carbocycles. The predicted octanol–water partition coefficient (Wildman–Crippen LogP) is 8.52. The van der Waals surface area contributed by atoms with E-state index in [2.05, 4.69) is 96.3 Å². The van der Waals surface area contributed by atoms with E-state index >= 15 is 0 Å². The third-order valence-electron chi connectivity index (χ3n) is 11.9. The first-order valence-corrected chi connectivity index (χ1v) is 20.6. The molecular weight excluding hydrogens is 721 g/mol. The molecule has 10 nitrogen and oxygen atoms in total. The molecule has 2 N–H and O–H groups in total. The van der Waals surface area contributed by atoms with Crippen molar-refractivity contribution in [2.45, 2.75) is 63.2 Å². The zero-order valence-corrected chi connectivity index (χ0v) is 34.0. The molecule has 0 spiro atoms. The summed E-state index contributed by atoms with van der Waals surface area (Å²) >= 11 is 0. The van der Waals surface area contributed by atoms with Crippen molar-refractivity contribution in [3.05, 3.63) is 144 Å². The van der Waals surface area contributed by atoms with E-state index in [-0.39, 0.29) is 29.9 Å². The smallest absolute Gasteiger partial charge is 0.245 e. The molecule has 8 rings (SSSR count). The number of H-pyrrole nitrogens is 1. The highest BCUT2D eigenvalue weighted by Gasteiger charge is 2.39. The lowest BCUT2D eigenvalue weighted by molar-refractivity contribution is -0.139. The van der Waals surface area contributed by atoms with Gasteiger partial charge in [0.15, 0.2) is 0 Å². The molecule has 10 heteroatoms. The van der Waals surface area contributed by atoms with E-state index in [4.69, 9.17) is 9.97 Å². The fourth-order valence-electron chi connectivity index (χ4n) is 9.16. The molecule has 4 heterocycles. The molecule has 2 saturated heterocycles. The monoisotopic (exact) mass is 774 g/mol. The quantitative estimate of drug-likeness (QED) is 0.129. The minimum Gasteiger partial charge on any atom is -0.344 e. The van der Waals surface area contributed by atoms with Gasteiger partial charge in [-0.05, 0) is 81.2 Å². The maximum Gasteiger partial charge on any atom is 0.245 e. The molecule has 6 aromatic rings. The van der Waals surface area contributed by atoms with E-state index < -0.39 is 6.04 Å². The number of amides is 2. The number of benzene rings is 4. The van der Waals surface area contributed by atoms with Crippen molar-refractivity contribution in [1.29, 1.82) is 0 Å². The molecule has 2 aromatic heterocycles. The molecule has 2 aliphatic heterocycles. The summed E-state index contributed by atoms with van der Waals surface area (Å²) in [4.78, 5) is 47.6. The van der Waals surface area contributed by atoms with Crippen molar-refractivity contribution < 1.29 is 9.59 Å². The second-order valence-corrected chi connectivity index (χ2v) is 16.0. The molecule has 0 bridgehead atoms. The SMILES string of the molecule is CC(=O)N[C@H](c1ncc(-c2ccc(-c3ccccc3)c(-c3cnc([C@@H]4CCCN4C(=O)[C@@H](c4ccccc4)N4CCCCC4)[nH]3)c2)n1C)[C@@H](c1ccccc1)N(C)C. The Hall–Kier alpha value is -5.84. The summed E-state index contributed by atoms with van der Waals surface area (Å²) in [5.41, 5.74) is 8.12. The molecule has 0 aliphatic carbocycles. The first-order chi connectivity index (χ1) is 28.3. The van der Waals surface area contributed by atoms with Crippen LogP contribution >= 0.6 is 0 Å². The number of rotatable bonds is 12. The average molecular weight is 775 g/mol. The van der Waals surface area contributed by atoms with Crippen LogP contribution in [0.25, 0.3) is 33.6 Å². The number of likely N-dealkylation sites (N-methyl/N-ethyl adjacent to an activating group) is 1. The highest BCUT2D eigenvalue weighted by Crippen LogP contribution is 2.40. The maximum absolute atomic E-state index is 14.7. The van der Waals surface area contributed by atoms with Crippen LogP contribution in [-0.4, -0.2) is 79.8 Å². The Morgan fingerprint density at radius 2 is 1.43 bits per heavy atom. The number of hydrogen-bond acceptors (Lipinski definition) is 6. The normalized spacial score (nSPS) is 17.6. The Morgan fingerprint density at radius 1 is 0.759 bits per heavy atom. The molecule has 2 aliphatic rings. The fraction of sp³-hybridized carbons (Fsp3) is 0.333. The summed E-state index contributed by atoms with van der Waals surface area (Å²) in [6.07, 6.45) is 9.05. The average Bonchev–Trinajstić information content (AvgIpc) is 4.02. The van der Waals surface area contributed by atoms with Crippen molar-refractivity contribution in [2.75, 3.05) is 33.7 Å². The number of piperidine rings is 1. The molecular formula is C48H54N8O2. The van der Waals surface area contributed by atoms with Crippen LogP contribution in [0.3, 0.4) is 0 Å². The number of carbonyl (C=O) groups is 2. The Bertz CT molecular complexity index is 2310. The van der Waals surface area contributed by atoms with E-state index in [1.165, 1.54) is 6.42 Å². The lowest BCUT2D eigenvalue weighted by atomic mass is 9.95. The lowest BCUT2D eigenvalue weighted by Gasteiger charge is -2.37. The molecule has 0 radical (unpaired) electrons. The molecule has 58 heavy (non-hydrogen) atoms. The summed E-state index contributed by atoms with van der Waals surface area (Å²) in [5, 5.41) is 3.22. The lowest BCUT2D eigenvalue weighted by Crippen LogP contribution is -2.44. The van der Waals surface area contributed by atoms with E-state index in [0.29, 0.717) is 6.54 Å². The topological polar surface area (TPSA) is 102 Å². The third-order valence-corrected chi connectivity index (χ3v) is 11.9. The zero-order chi connectivity index (χ0) is 40.2. The van der Waals surface area contributed by atoms with Gasteiger partial charge in [-0.25, -0.2) is 9.97 Å². The number of likely N-dealkylation sites (tertiary alicyclic amines) is 2. The van der Waals surface area contributed by atoms with Gasteiger partial charge in [0.05, 0.1) is 35.9 Å². The number of carbonyl (C=O) groups excluding carboxylic acids is 2. The van der Waals surface area contributed by atoms with Crippen molar-refractivity contribution in [1.82, 2.24) is 39.5 Å². The number of aromatic nitrogens is 4. The first-order valence-electron chi connectivity index (χ1n) is 20.6. The van der Waals surface area contributed by atoms with Crippen molar-refractivity contribution in [3.63, 3.8) is 0 Å². The van der Waals surface area contributed by atoms with Crippen LogP contribution in [0.5, 0.6) is 0 Å². The highest BCUT2D eigenvalue weighted by atomic mass is 16.2. The van der Waals surface area contributed by atoms with E-state index in [9.17, 15) is 9.59 Å². The Labute approximate surface area is 341 Å². The minimum absolute atomic E-state index is 0.119. The molecule has 0 unspecified atom stereocenters. The van der Waals surface area contributed by atoms with Crippen molar-refractivity contribution in [3.8, 4) is 33.6 Å². The molecule has 4 aromatic carbocycles. The van der Waals surface area contributed by atoms with Crippen LogP contribution < -0.4 is 5.32 Å². The van der Waals surface area contributed by atoms with Crippen LogP contribution in [0.2, 0.25) is 0 Å². The standard InChI is InChI=1S/C48H54N8O2/c1-33(57)51-43(44(53(2)3)35-20-11-6-12-21-35)47-50-32-42(54(47)4)37-25-26-38(34-18-9-5-10-19-34)39(30-37)40-31-49-46(52-40)41-24-17-29-56(41)48(58)45(36-22-13-7-14-23-36)55-27-15-8-16-28-55/h5-7,9-14,18-23,25-26,30-32,41,43-45H,8,15-17,24,27-29H2,1-4H3,(H,49,52)(H,51,57)/t41-,43-,44+,45+/m0/s1. The molecule has 4 atom stereocenters. The van der Waals surface area contributed by atoms with Gasteiger partial charge in [-0.15, -0.1) is 0 Å². The maximum atomic E-state index is 14.7. The van der Waals surface area contributed by atoms with Gasteiger partial charge in [0.25, 0.3) is 0 Å². The molecule has 2 amide bonds. The Kier molecular flexibility index (Phi) is 11.7. The van der Waals surface area contributed by atoms with Crippen LogP contribution in [0, 0.1) is 0 Å². The summed E-state index contributed by atoms with van der Waals surface area (Å²) < 4.78 is 2.09. The summed E-state index contributed by atoms with van der Waals surface area (Å²) in [5.74, 6) is 1.61. The molecule has 2 fully saturated rings. The first kappa shape index (κ1) is 39.0. The zero-order valence-electron chi connectivity index (χ0n) is 34.0. The number of imidazole rings is 2. The van der Waals surface area contributed by atoms with Gasteiger partial charge in [0.1, 0.15) is 23.7 Å². The van der Waals surface area contributed by atoms with Gasteiger partial charge in [-0.2, -0.15) is 0 Å². The van der Waals surface area contributed by atoms with E-state index in [1.807, 2.05) is 76.0 Å². The second-order valence-electron chi connectivity index (χ2n) is 16.0. The van der Waals surface area contributed by atoms with Crippen LogP contribution in [0.15, 0.2) is 122 Å². The van der Waals surface area contributed by atoms with Crippen LogP contribution in [0.1, 0.15) is 86.0 Å². The minimum atomic E-state index is -0.402. The Morgan fingerprint density at radius 3 is 2.10 bits per heavy atom. The van der Waals surface area contributed by atoms with Gasteiger partial charge in [0.2, 0.25) is 11.8 Å². The fourth-order valence-corrected chi connectivity index (χ4v) is 9.16.